The van der Waals surface area contributed by atoms with E-state index in [1.807, 2.05) is 0 Å². The SMILES string of the molecule is Cl.Cl.O=S1(=O)CC=CC1.O=S1(=O)CC=CC1. The second kappa shape index (κ2) is 7.32. The summed E-state index contributed by atoms with van der Waals surface area (Å²) in [4.78, 5) is 0. The highest BCUT2D eigenvalue weighted by Crippen LogP contribution is 1.99. The van der Waals surface area contributed by atoms with Gasteiger partial charge < -0.3 is 0 Å². The zero-order chi connectivity index (χ0) is 10.7. The molecule has 0 radical (unpaired) electrons. The highest BCUT2D eigenvalue weighted by Gasteiger charge is 2.10. The van der Waals surface area contributed by atoms with Crippen molar-refractivity contribution in [2.24, 2.45) is 0 Å². The molecule has 0 aromatic rings. The molecule has 4 nitrogen and oxygen atoms in total. The number of halogens is 2. The summed E-state index contributed by atoms with van der Waals surface area (Å²) in [5, 5.41) is 0. The first-order valence-electron chi connectivity index (χ1n) is 4.12. The van der Waals surface area contributed by atoms with Gasteiger partial charge in [0, 0.05) is 0 Å². The zero-order valence-electron chi connectivity index (χ0n) is 8.40. The van der Waals surface area contributed by atoms with Crippen molar-refractivity contribution >= 4 is 44.5 Å². The first-order valence-corrected chi connectivity index (χ1v) is 7.76. The van der Waals surface area contributed by atoms with Crippen LogP contribution in [0, 0.1) is 0 Å². The molecule has 0 atom stereocenters. The minimum atomic E-state index is -2.66. The first-order chi connectivity index (χ1) is 6.41. The smallest absolute Gasteiger partial charge is 0.157 e. The minimum Gasteiger partial charge on any atom is -0.228 e. The number of sulfone groups is 2. The van der Waals surface area contributed by atoms with Gasteiger partial charge in [-0.1, -0.05) is 24.3 Å². The summed E-state index contributed by atoms with van der Waals surface area (Å²) < 4.78 is 41.5. The molecule has 96 valence electrons. The third-order valence-electron chi connectivity index (χ3n) is 1.73. The van der Waals surface area contributed by atoms with E-state index in [2.05, 4.69) is 0 Å². The fourth-order valence-electron chi connectivity index (χ4n) is 0.995. The van der Waals surface area contributed by atoms with Gasteiger partial charge in [0.25, 0.3) is 0 Å². The van der Waals surface area contributed by atoms with Gasteiger partial charge in [0.05, 0.1) is 23.0 Å². The van der Waals surface area contributed by atoms with Gasteiger partial charge >= 0.3 is 0 Å². The van der Waals surface area contributed by atoms with Crippen molar-refractivity contribution in [3.05, 3.63) is 24.3 Å². The van der Waals surface area contributed by atoms with Crippen molar-refractivity contribution in [2.45, 2.75) is 0 Å². The largest absolute Gasteiger partial charge is 0.228 e. The van der Waals surface area contributed by atoms with Gasteiger partial charge in [-0.2, -0.15) is 0 Å². The Bertz CT molecular complexity index is 376. The van der Waals surface area contributed by atoms with Crippen molar-refractivity contribution in [3.63, 3.8) is 0 Å². The van der Waals surface area contributed by atoms with Crippen LogP contribution in [0.15, 0.2) is 24.3 Å². The Labute approximate surface area is 108 Å². The fourth-order valence-corrected chi connectivity index (χ4v) is 2.98. The number of hydrogen-bond acceptors (Lipinski definition) is 4. The molecule has 0 aliphatic carbocycles. The quantitative estimate of drug-likeness (QED) is 0.620. The maximum absolute atomic E-state index is 10.4. The first kappa shape index (κ1) is 18.3. The number of rotatable bonds is 0. The Morgan fingerprint density at radius 3 is 0.812 bits per heavy atom. The monoisotopic (exact) mass is 308 g/mol. The summed E-state index contributed by atoms with van der Waals surface area (Å²) >= 11 is 0. The van der Waals surface area contributed by atoms with Gasteiger partial charge in [0.1, 0.15) is 0 Å². The van der Waals surface area contributed by atoms with Crippen molar-refractivity contribution in [1.82, 2.24) is 0 Å². The maximum atomic E-state index is 10.4. The average molecular weight is 309 g/mol. The molecule has 0 saturated carbocycles. The van der Waals surface area contributed by atoms with Gasteiger partial charge in [-0.05, 0) is 0 Å². The summed E-state index contributed by atoms with van der Waals surface area (Å²) in [5.41, 5.74) is 0. The fraction of sp³-hybridized carbons (Fsp3) is 0.500. The summed E-state index contributed by atoms with van der Waals surface area (Å²) in [6, 6.07) is 0. The topological polar surface area (TPSA) is 68.3 Å². The van der Waals surface area contributed by atoms with Crippen LogP contribution in [0.5, 0.6) is 0 Å². The van der Waals surface area contributed by atoms with Crippen LogP contribution in [0.4, 0.5) is 0 Å². The molecule has 8 heteroatoms. The molecule has 16 heavy (non-hydrogen) atoms. The molecule has 0 N–H and O–H groups in total. The molecular weight excluding hydrogens is 295 g/mol. The second-order valence-electron chi connectivity index (χ2n) is 3.10. The van der Waals surface area contributed by atoms with Crippen molar-refractivity contribution < 1.29 is 16.8 Å². The lowest BCUT2D eigenvalue weighted by atomic mass is 10.6. The van der Waals surface area contributed by atoms with Crippen LogP contribution in [0.3, 0.4) is 0 Å². The molecule has 0 saturated heterocycles. The van der Waals surface area contributed by atoms with Crippen LogP contribution < -0.4 is 0 Å². The molecule has 2 aliphatic rings. The van der Waals surface area contributed by atoms with Crippen LogP contribution in [-0.2, 0) is 19.7 Å². The predicted molar refractivity (Wildman–Crippen MR) is 70.1 cm³/mol. The van der Waals surface area contributed by atoms with E-state index >= 15 is 0 Å². The van der Waals surface area contributed by atoms with E-state index in [0.717, 1.165) is 0 Å². The third kappa shape index (κ3) is 7.27. The molecule has 0 amide bonds. The van der Waals surface area contributed by atoms with E-state index in [9.17, 15) is 16.8 Å². The lowest BCUT2D eigenvalue weighted by Gasteiger charge is -1.82. The van der Waals surface area contributed by atoms with E-state index in [1.165, 1.54) is 0 Å². The van der Waals surface area contributed by atoms with Crippen molar-refractivity contribution in [1.29, 1.82) is 0 Å². The van der Waals surface area contributed by atoms with Gasteiger partial charge in [0.2, 0.25) is 0 Å². The normalized spacial score (nSPS) is 22.5. The standard InChI is InChI=1S/2C4H6O2S.2ClH/c2*5-7(6)3-1-2-4-7;;/h2*1-2H,3-4H2;2*1H. The van der Waals surface area contributed by atoms with E-state index in [1.54, 1.807) is 24.3 Å². The van der Waals surface area contributed by atoms with Gasteiger partial charge in [-0.3, -0.25) is 0 Å². The molecule has 0 unspecified atom stereocenters. The van der Waals surface area contributed by atoms with Crippen LogP contribution in [0.1, 0.15) is 0 Å². The predicted octanol–water partition coefficient (Wildman–Crippen LogP) is 0.786. The lowest BCUT2D eigenvalue weighted by Crippen LogP contribution is -1.99. The third-order valence-corrected chi connectivity index (χ3v) is 4.54. The van der Waals surface area contributed by atoms with Crippen LogP contribution in [0.25, 0.3) is 0 Å². The summed E-state index contributed by atoms with van der Waals surface area (Å²) in [6.07, 6.45) is 6.70. The van der Waals surface area contributed by atoms with E-state index in [0.29, 0.717) is 0 Å². The highest BCUT2D eigenvalue weighted by molar-refractivity contribution is 7.92. The van der Waals surface area contributed by atoms with E-state index < -0.39 is 19.7 Å². The van der Waals surface area contributed by atoms with Gasteiger partial charge in [-0.15, -0.1) is 24.8 Å². The Morgan fingerprint density at radius 1 is 0.562 bits per heavy atom. The van der Waals surface area contributed by atoms with Crippen molar-refractivity contribution in [3.8, 4) is 0 Å². The summed E-state index contributed by atoms with van der Waals surface area (Å²) in [7, 11) is -5.31. The molecule has 0 fully saturated rings. The van der Waals surface area contributed by atoms with Crippen LogP contribution in [0.2, 0.25) is 0 Å². The molecule has 0 bridgehead atoms. The molecule has 0 spiro atoms. The Morgan fingerprint density at radius 2 is 0.750 bits per heavy atom. The lowest BCUT2D eigenvalue weighted by molar-refractivity contribution is 0.601. The second-order valence-corrected chi connectivity index (χ2v) is 7.40. The molecule has 0 aromatic heterocycles. The summed E-state index contributed by atoms with van der Waals surface area (Å²) in [5.74, 6) is 0.972. The molecule has 2 rings (SSSR count). The van der Waals surface area contributed by atoms with Crippen LogP contribution in [-0.4, -0.2) is 39.8 Å². The summed E-state index contributed by atoms with van der Waals surface area (Å²) in [6.45, 7) is 0. The average Bonchev–Trinajstić information content (AvgIpc) is 2.60. The molecule has 2 aliphatic heterocycles. The Kier molecular flexibility index (Phi) is 8.38. The van der Waals surface area contributed by atoms with E-state index in [4.69, 9.17) is 0 Å². The van der Waals surface area contributed by atoms with Gasteiger partial charge in [0.15, 0.2) is 19.7 Å². The van der Waals surface area contributed by atoms with Crippen LogP contribution >= 0.6 is 24.8 Å². The molecular formula is C8H14Cl2O4S2. The van der Waals surface area contributed by atoms with Gasteiger partial charge in [-0.25, -0.2) is 16.8 Å². The Hall–Kier alpha value is -0.0400. The molecule has 2 heterocycles. The zero-order valence-corrected chi connectivity index (χ0v) is 11.7. The van der Waals surface area contributed by atoms with Crippen molar-refractivity contribution in [2.75, 3.05) is 23.0 Å². The van der Waals surface area contributed by atoms with E-state index in [-0.39, 0.29) is 47.8 Å². The molecule has 0 aromatic carbocycles. The maximum Gasteiger partial charge on any atom is 0.157 e. The highest BCUT2D eigenvalue weighted by atomic mass is 35.5. The number of hydrogen-bond donors (Lipinski definition) is 0. The Balaban J connectivity index is 0. The minimum absolute atomic E-state index is 0.